The van der Waals surface area contributed by atoms with E-state index in [-0.39, 0.29) is 18.4 Å². The van der Waals surface area contributed by atoms with Crippen molar-refractivity contribution in [2.75, 3.05) is 6.54 Å². The maximum atomic E-state index is 11.2. The quantitative estimate of drug-likeness (QED) is 0.614. The molecule has 0 aliphatic carbocycles. The second kappa shape index (κ2) is 3.56. The van der Waals surface area contributed by atoms with Gasteiger partial charge in [-0.05, 0) is 19.8 Å². The van der Waals surface area contributed by atoms with Gasteiger partial charge >= 0.3 is 5.97 Å². The summed E-state index contributed by atoms with van der Waals surface area (Å²) in [4.78, 5) is 23.1. The van der Waals surface area contributed by atoms with Gasteiger partial charge in [-0.25, -0.2) is 0 Å². The third kappa shape index (κ3) is 1.96. The van der Waals surface area contributed by atoms with Gasteiger partial charge in [0.15, 0.2) is 0 Å². The van der Waals surface area contributed by atoms with E-state index >= 15 is 0 Å². The molecule has 4 nitrogen and oxygen atoms in total. The van der Waals surface area contributed by atoms with Crippen molar-refractivity contribution in [3.8, 4) is 0 Å². The minimum Gasteiger partial charge on any atom is -0.481 e. The maximum Gasteiger partial charge on any atom is 0.312 e. The lowest BCUT2D eigenvalue weighted by atomic mass is 10.2. The van der Waals surface area contributed by atoms with Crippen LogP contribution >= 0.6 is 0 Å². The van der Waals surface area contributed by atoms with Crippen LogP contribution in [0.5, 0.6) is 0 Å². The topological polar surface area (TPSA) is 57.6 Å². The maximum absolute atomic E-state index is 11.2. The summed E-state index contributed by atoms with van der Waals surface area (Å²) in [5.74, 6) is -1.30. The highest BCUT2D eigenvalue weighted by Gasteiger charge is 2.25. The van der Waals surface area contributed by atoms with Crippen LogP contribution in [0.15, 0.2) is 0 Å². The summed E-state index contributed by atoms with van der Waals surface area (Å²) in [6.07, 6.45) is 1.61. The van der Waals surface area contributed by atoms with Gasteiger partial charge in [-0.3, -0.25) is 9.59 Å². The number of likely N-dealkylation sites (tertiary alicyclic amines) is 1. The minimum absolute atomic E-state index is 0.219. The Hall–Kier alpha value is -1.06. The third-order valence-electron chi connectivity index (χ3n) is 2.18. The van der Waals surface area contributed by atoms with Crippen LogP contribution in [0.25, 0.3) is 0 Å². The first-order valence-corrected chi connectivity index (χ1v) is 4.12. The van der Waals surface area contributed by atoms with Gasteiger partial charge in [-0.15, -0.1) is 0 Å². The molecule has 1 aliphatic heterocycles. The highest BCUT2D eigenvalue weighted by atomic mass is 16.4. The van der Waals surface area contributed by atoms with Gasteiger partial charge in [0.2, 0.25) is 5.91 Å². The summed E-state index contributed by atoms with van der Waals surface area (Å²) >= 11 is 0. The average Bonchev–Trinajstić information content (AvgIpc) is 2.33. The van der Waals surface area contributed by atoms with Crippen LogP contribution in [-0.4, -0.2) is 34.5 Å². The molecule has 1 unspecified atom stereocenters. The van der Waals surface area contributed by atoms with Crippen molar-refractivity contribution in [3.63, 3.8) is 0 Å². The van der Waals surface area contributed by atoms with Gasteiger partial charge in [0.1, 0.15) is 6.42 Å². The molecule has 0 bridgehead atoms. The molecule has 1 saturated heterocycles. The van der Waals surface area contributed by atoms with Crippen LogP contribution in [0, 0.1) is 0 Å². The van der Waals surface area contributed by atoms with Gasteiger partial charge < -0.3 is 10.0 Å². The van der Waals surface area contributed by atoms with E-state index in [0.717, 1.165) is 12.8 Å². The smallest absolute Gasteiger partial charge is 0.312 e. The minimum atomic E-state index is -1.04. The predicted molar refractivity (Wildman–Crippen MR) is 42.7 cm³/mol. The molecule has 0 aromatic carbocycles. The second-order valence-corrected chi connectivity index (χ2v) is 3.15. The van der Waals surface area contributed by atoms with E-state index in [4.69, 9.17) is 5.11 Å². The predicted octanol–water partition coefficient (Wildman–Crippen LogP) is 0.472. The second-order valence-electron chi connectivity index (χ2n) is 3.15. The number of carboxylic acid groups (broad SMARTS) is 1. The van der Waals surface area contributed by atoms with E-state index in [9.17, 15) is 9.59 Å². The van der Waals surface area contributed by atoms with Crippen molar-refractivity contribution in [1.82, 2.24) is 4.90 Å². The molecule has 1 fully saturated rings. The molecule has 0 aromatic rings. The molecular weight excluding hydrogens is 158 g/mol. The summed E-state index contributed by atoms with van der Waals surface area (Å²) < 4.78 is 0. The fraction of sp³-hybridized carbons (Fsp3) is 0.750. The number of amides is 1. The molecule has 1 N–H and O–H groups in total. The Bertz CT molecular complexity index is 202. The monoisotopic (exact) mass is 171 g/mol. The molecule has 0 radical (unpaired) electrons. The molecule has 0 spiro atoms. The van der Waals surface area contributed by atoms with Crippen molar-refractivity contribution in [2.24, 2.45) is 0 Å². The van der Waals surface area contributed by atoms with Crippen LogP contribution in [-0.2, 0) is 9.59 Å². The summed E-state index contributed by atoms with van der Waals surface area (Å²) in [5, 5.41) is 8.38. The van der Waals surface area contributed by atoms with Crippen LogP contribution in [0.2, 0.25) is 0 Å². The SMILES string of the molecule is CC1CCCN1C(=O)CC(=O)O. The van der Waals surface area contributed by atoms with Gasteiger partial charge in [-0.2, -0.15) is 0 Å². The van der Waals surface area contributed by atoms with Crippen molar-refractivity contribution in [1.29, 1.82) is 0 Å². The Balaban J connectivity index is 2.46. The number of hydrogen-bond acceptors (Lipinski definition) is 2. The Kier molecular flexibility index (Phi) is 2.68. The fourth-order valence-corrected chi connectivity index (χ4v) is 1.53. The van der Waals surface area contributed by atoms with Crippen molar-refractivity contribution in [2.45, 2.75) is 32.2 Å². The Labute approximate surface area is 71.2 Å². The molecule has 4 heteroatoms. The number of rotatable bonds is 2. The molecule has 0 saturated carbocycles. The van der Waals surface area contributed by atoms with E-state index < -0.39 is 5.97 Å². The van der Waals surface area contributed by atoms with Crippen molar-refractivity contribution >= 4 is 11.9 Å². The summed E-state index contributed by atoms with van der Waals surface area (Å²) in [5.41, 5.74) is 0. The lowest BCUT2D eigenvalue weighted by Crippen LogP contribution is -2.34. The zero-order chi connectivity index (χ0) is 9.14. The van der Waals surface area contributed by atoms with E-state index in [2.05, 4.69) is 0 Å². The molecule has 12 heavy (non-hydrogen) atoms. The van der Waals surface area contributed by atoms with Gasteiger partial charge in [0.05, 0.1) is 0 Å². The molecule has 68 valence electrons. The Morgan fingerprint density at radius 1 is 1.58 bits per heavy atom. The van der Waals surface area contributed by atoms with Gasteiger partial charge in [0, 0.05) is 12.6 Å². The summed E-state index contributed by atoms with van der Waals surface area (Å²) in [6, 6.07) is 0.219. The Morgan fingerprint density at radius 3 is 2.67 bits per heavy atom. The lowest BCUT2D eigenvalue weighted by Gasteiger charge is -2.20. The number of nitrogens with zero attached hydrogens (tertiary/aromatic N) is 1. The number of aliphatic carboxylic acids is 1. The third-order valence-corrected chi connectivity index (χ3v) is 2.18. The molecule has 0 aromatic heterocycles. The number of carbonyl (C=O) groups excluding carboxylic acids is 1. The number of hydrogen-bond donors (Lipinski definition) is 1. The number of carboxylic acids is 1. The van der Waals surface area contributed by atoms with E-state index in [1.54, 1.807) is 4.90 Å². The standard InChI is InChI=1S/C8H13NO3/c1-6-3-2-4-9(6)7(10)5-8(11)12/h6H,2-5H2,1H3,(H,11,12). The van der Waals surface area contributed by atoms with Crippen molar-refractivity contribution in [3.05, 3.63) is 0 Å². The summed E-state index contributed by atoms with van der Waals surface area (Å²) in [6.45, 7) is 2.67. The largest absolute Gasteiger partial charge is 0.481 e. The normalized spacial score (nSPS) is 22.8. The Morgan fingerprint density at radius 2 is 2.25 bits per heavy atom. The zero-order valence-electron chi connectivity index (χ0n) is 7.12. The van der Waals surface area contributed by atoms with Crippen molar-refractivity contribution < 1.29 is 14.7 Å². The van der Waals surface area contributed by atoms with Crippen LogP contribution in [0.3, 0.4) is 0 Å². The van der Waals surface area contributed by atoms with E-state index in [0.29, 0.717) is 6.54 Å². The summed E-state index contributed by atoms with van der Waals surface area (Å²) in [7, 11) is 0. The molecule has 1 amide bonds. The van der Waals surface area contributed by atoms with E-state index in [1.807, 2.05) is 6.92 Å². The van der Waals surface area contributed by atoms with Crippen LogP contribution in [0.4, 0.5) is 0 Å². The van der Waals surface area contributed by atoms with Gasteiger partial charge in [0.25, 0.3) is 0 Å². The average molecular weight is 171 g/mol. The number of carbonyl (C=O) groups is 2. The first kappa shape index (κ1) is 9.03. The highest BCUT2D eigenvalue weighted by Crippen LogP contribution is 2.16. The van der Waals surface area contributed by atoms with Crippen LogP contribution < -0.4 is 0 Å². The van der Waals surface area contributed by atoms with E-state index in [1.165, 1.54) is 0 Å². The first-order valence-electron chi connectivity index (χ1n) is 4.12. The molecule has 1 heterocycles. The van der Waals surface area contributed by atoms with Crippen LogP contribution in [0.1, 0.15) is 26.2 Å². The van der Waals surface area contributed by atoms with Gasteiger partial charge in [-0.1, -0.05) is 0 Å². The molecule has 1 atom stereocenters. The highest BCUT2D eigenvalue weighted by molar-refractivity contribution is 5.93. The zero-order valence-corrected chi connectivity index (χ0v) is 7.12. The first-order chi connectivity index (χ1) is 5.61. The fourth-order valence-electron chi connectivity index (χ4n) is 1.53. The lowest BCUT2D eigenvalue weighted by molar-refractivity contribution is -0.144. The molecular formula is C8H13NO3. The molecule has 1 aliphatic rings. The molecule has 1 rings (SSSR count).